The molecule has 0 amide bonds. The van der Waals surface area contributed by atoms with Crippen molar-refractivity contribution in [2.75, 3.05) is 6.54 Å². The molecule has 0 aromatic carbocycles. The Hall–Kier alpha value is -0.710. The van der Waals surface area contributed by atoms with E-state index in [9.17, 15) is 13.6 Å². The monoisotopic (exact) mass is 247 g/mol. The van der Waals surface area contributed by atoms with Crippen molar-refractivity contribution in [3.05, 3.63) is 0 Å². The van der Waals surface area contributed by atoms with Crippen LogP contribution in [0.15, 0.2) is 0 Å². The molecule has 0 bridgehead atoms. The first-order valence-electron chi connectivity index (χ1n) is 6.27. The van der Waals surface area contributed by atoms with Gasteiger partial charge in [0.2, 0.25) is 5.92 Å². The third-order valence-electron chi connectivity index (χ3n) is 4.28. The molecule has 17 heavy (non-hydrogen) atoms. The van der Waals surface area contributed by atoms with Crippen molar-refractivity contribution in [3.8, 4) is 0 Å². The lowest BCUT2D eigenvalue weighted by Gasteiger charge is -2.37. The van der Waals surface area contributed by atoms with Crippen LogP contribution in [0.3, 0.4) is 0 Å². The minimum atomic E-state index is -2.51. The minimum absolute atomic E-state index is 0.0239. The average molecular weight is 247 g/mol. The summed E-state index contributed by atoms with van der Waals surface area (Å²) in [7, 11) is 0. The first-order chi connectivity index (χ1) is 7.91. The van der Waals surface area contributed by atoms with Crippen LogP contribution in [0, 0.1) is 5.92 Å². The van der Waals surface area contributed by atoms with E-state index < -0.39 is 11.9 Å². The summed E-state index contributed by atoms with van der Waals surface area (Å²) in [5, 5.41) is 9.04. The van der Waals surface area contributed by atoms with Gasteiger partial charge in [0.1, 0.15) is 0 Å². The summed E-state index contributed by atoms with van der Waals surface area (Å²) in [5.74, 6) is -3.61. The van der Waals surface area contributed by atoms with Gasteiger partial charge in [0.25, 0.3) is 0 Å². The molecule has 1 saturated carbocycles. The SMILES string of the molecule is C[C@@H]1C(C(=O)O)CCN1C1CCC(F)(F)CC1. The number of nitrogens with zero attached hydrogens (tertiary/aromatic N) is 1. The van der Waals surface area contributed by atoms with Crippen LogP contribution < -0.4 is 0 Å². The van der Waals surface area contributed by atoms with Gasteiger partial charge in [0, 0.05) is 24.9 Å². The van der Waals surface area contributed by atoms with Crippen molar-refractivity contribution in [1.29, 1.82) is 0 Å². The van der Waals surface area contributed by atoms with Crippen molar-refractivity contribution >= 4 is 5.97 Å². The number of alkyl halides is 2. The van der Waals surface area contributed by atoms with Crippen LogP contribution in [-0.4, -0.2) is 40.5 Å². The number of carboxylic acid groups (broad SMARTS) is 1. The summed E-state index contributed by atoms with van der Waals surface area (Å²) in [6, 6.07) is 0.123. The van der Waals surface area contributed by atoms with Crippen LogP contribution in [-0.2, 0) is 4.79 Å². The first-order valence-corrected chi connectivity index (χ1v) is 6.27. The quantitative estimate of drug-likeness (QED) is 0.814. The molecule has 2 atom stereocenters. The Kier molecular flexibility index (Phi) is 3.39. The smallest absolute Gasteiger partial charge is 0.308 e. The summed E-state index contributed by atoms with van der Waals surface area (Å²) in [6.45, 7) is 2.63. The number of hydrogen-bond donors (Lipinski definition) is 1. The van der Waals surface area contributed by atoms with Crippen LogP contribution in [0.2, 0.25) is 0 Å². The van der Waals surface area contributed by atoms with E-state index in [4.69, 9.17) is 5.11 Å². The van der Waals surface area contributed by atoms with Crippen LogP contribution >= 0.6 is 0 Å². The van der Waals surface area contributed by atoms with Crippen molar-refractivity contribution < 1.29 is 18.7 Å². The standard InChI is InChI=1S/C12H19F2NO2/c1-8-10(11(16)17)4-7-15(8)9-2-5-12(13,14)6-3-9/h8-10H,2-7H2,1H3,(H,16,17)/t8-,10?/m1/s1. The molecular weight excluding hydrogens is 228 g/mol. The van der Waals surface area contributed by atoms with E-state index in [-0.39, 0.29) is 30.8 Å². The molecule has 0 radical (unpaired) electrons. The molecule has 1 saturated heterocycles. The zero-order valence-corrected chi connectivity index (χ0v) is 10.0. The number of halogens is 2. The molecule has 0 aromatic heterocycles. The van der Waals surface area contributed by atoms with Gasteiger partial charge >= 0.3 is 5.97 Å². The molecule has 98 valence electrons. The molecule has 2 fully saturated rings. The Morgan fingerprint density at radius 3 is 2.35 bits per heavy atom. The van der Waals surface area contributed by atoms with Crippen LogP contribution in [0.5, 0.6) is 0 Å². The summed E-state index contributed by atoms with van der Waals surface area (Å²) in [6.07, 6.45) is 1.51. The Balaban J connectivity index is 1.94. The van der Waals surface area contributed by atoms with Crippen molar-refractivity contribution in [2.45, 2.75) is 57.0 Å². The van der Waals surface area contributed by atoms with Crippen LogP contribution in [0.4, 0.5) is 8.78 Å². The molecule has 1 N–H and O–H groups in total. The minimum Gasteiger partial charge on any atom is -0.481 e. The second kappa shape index (κ2) is 4.52. The van der Waals surface area contributed by atoms with Gasteiger partial charge in [-0.3, -0.25) is 9.69 Å². The van der Waals surface area contributed by atoms with Gasteiger partial charge in [-0.05, 0) is 32.7 Å². The molecule has 5 heteroatoms. The number of carboxylic acids is 1. The molecule has 0 aromatic rings. The Labute approximate surface area is 99.8 Å². The third kappa shape index (κ3) is 2.59. The summed E-state index contributed by atoms with van der Waals surface area (Å²) in [4.78, 5) is 13.1. The van der Waals surface area contributed by atoms with Crippen molar-refractivity contribution in [1.82, 2.24) is 4.90 Å². The number of carbonyl (C=O) groups is 1. The van der Waals surface area contributed by atoms with Gasteiger partial charge in [-0.1, -0.05) is 0 Å². The van der Waals surface area contributed by atoms with Gasteiger partial charge in [0.05, 0.1) is 5.92 Å². The number of hydrogen-bond acceptors (Lipinski definition) is 2. The predicted molar refractivity (Wildman–Crippen MR) is 59.1 cm³/mol. The van der Waals surface area contributed by atoms with E-state index >= 15 is 0 Å². The predicted octanol–water partition coefficient (Wildman–Crippen LogP) is 2.36. The van der Waals surface area contributed by atoms with Crippen LogP contribution in [0.1, 0.15) is 39.0 Å². The fourth-order valence-electron chi connectivity index (χ4n) is 3.17. The van der Waals surface area contributed by atoms with Gasteiger partial charge in [-0.15, -0.1) is 0 Å². The molecule has 1 heterocycles. The highest BCUT2D eigenvalue weighted by Gasteiger charge is 2.43. The van der Waals surface area contributed by atoms with E-state index in [0.29, 0.717) is 19.3 Å². The maximum absolute atomic E-state index is 13.1. The van der Waals surface area contributed by atoms with E-state index in [1.807, 2.05) is 6.92 Å². The molecule has 1 unspecified atom stereocenters. The van der Waals surface area contributed by atoms with Gasteiger partial charge in [-0.2, -0.15) is 0 Å². The highest BCUT2D eigenvalue weighted by molar-refractivity contribution is 5.71. The zero-order chi connectivity index (χ0) is 12.6. The van der Waals surface area contributed by atoms with E-state index in [2.05, 4.69) is 4.90 Å². The van der Waals surface area contributed by atoms with E-state index in [0.717, 1.165) is 6.54 Å². The maximum atomic E-state index is 13.1. The lowest BCUT2D eigenvalue weighted by Crippen LogP contribution is -2.44. The Morgan fingerprint density at radius 1 is 1.29 bits per heavy atom. The molecule has 1 aliphatic heterocycles. The average Bonchev–Trinajstić information content (AvgIpc) is 2.60. The Morgan fingerprint density at radius 2 is 1.88 bits per heavy atom. The van der Waals surface area contributed by atoms with E-state index in [1.165, 1.54) is 0 Å². The summed E-state index contributed by atoms with van der Waals surface area (Å²) < 4.78 is 26.1. The largest absolute Gasteiger partial charge is 0.481 e. The molecular formula is C12H19F2NO2. The summed E-state index contributed by atoms with van der Waals surface area (Å²) in [5.41, 5.74) is 0. The molecule has 1 aliphatic carbocycles. The fourth-order valence-corrected chi connectivity index (χ4v) is 3.17. The highest BCUT2D eigenvalue weighted by Crippen LogP contribution is 2.38. The lowest BCUT2D eigenvalue weighted by molar-refractivity contribution is -0.142. The highest BCUT2D eigenvalue weighted by atomic mass is 19.3. The second-order valence-electron chi connectivity index (χ2n) is 5.30. The molecule has 3 nitrogen and oxygen atoms in total. The van der Waals surface area contributed by atoms with Gasteiger partial charge in [0.15, 0.2) is 0 Å². The Bertz CT molecular complexity index is 299. The molecule has 0 spiro atoms. The topological polar surface area (TPSA) is 40.5 Å². The number of likely N-dealkylation sites (tertiary alicyclic amines) is 1. The zero-order valence-electron chi connectivity index (χ0n) is 10.0. The molecule has 2 aliphatic rings. The third-order valence-corrected chi connectivity index (χ3v) is 4.28. The summed E-state index contributed by atoms with van der Waals surface area (Å²) >= 11 is 0. The van der Waals surface area contributed by atoms with Crippen molar-refractivity contribution in [3.63, 3.8) is 0 Å². The molecule has 2 rings (SSSR count). The van der Waals surface area contributed by atoms with Crippen LogP contribution in [0.25, 0.3) is 0 Å². The number of aliphatic carboxylic acids is 1. The maximum Gasteiger partial charge on any atom is 0.308 e. The number of rotatable bonds is 2. The second-order valence-corrected chi connectivity index (χ2v) is 5.30. The fraction of sp³-hybridized carbons (Fsp3) is 0.917. The van der Waals surface area contributed by atoms with Gasteiger partial charge < -0.3 is 5.11 Å². The van der Waals surface area contributed by atoms with Gasteiger partial charge in [-0.25, -0.2) is 8.78 Å². The lowest BCUT2D eigenvalue weighted by atomic mass is 9.90. The first kappa shape index (κ1) is 12.7. The van der Waals surface area contributed by atoms with E-state index in [1.54, 1.807) is 0 Å². The van der Waals surface area contributed by atoms with Crippen molar-refractivity contribution in [2.24, 2.45) is 5.92 Å². The normalized spacial score (nSPS) is 35.0.